The number of halogens is 2. The predicted octanol–water partition coefficient (Wildman–Crippen LogP) is 2.35. The third-order valence-corrected chi connectivity index (χ3v) is 4.91. The van der Waals surface area contributed by atoms with Crippen LogP contribution in [0.3, 0.4) is 0 Å². The molecular formula is C16H25BrFN3. The lowest BCUT2D eigenvalue weighted by Crippen LogP contribution is -2.52. The summed E-state index contributed by atoms with van der Waals surface area (Å²) in [7, 11) is 6.32. The van der Waals surface area contributed by atoms with Crippen LogP contribution in [0.4, 0.5) is 4.39 Å². The van der Waals surface area contributed by atoms with Gasteiger partial charge in [0, 0.05) is 36.2 Å². The summed E-state index contributed by atoms with van der Waals surface area (Å²) in [5.41, 5.74) is 0.774. The molecule has 1 heterocycles. The highest BCUT2D eigenvalue weighted by atomic mass is 79.9. The van der Waals surface area contributed by atoms with E-state index in [0.717, 1.165) is 42.5 Å². The fourth-order valence-electron chi connectivity index (χ4n) is 2.95. The molecule has 1 aliphatic rings. The maximum absolute atomic E-state index is 13.9. The van der Waals surface area contributed by atoms with E-state index in [4.69, 9.17) is 0 Å². The monoisotopic (exact) mass is 357 g/mol. The lowest BCUT2D eigenvalue weighted by molar-refractivity contribution is 0.101. The zero-order valence-electron chi connectivity index (χ0n) is 13.1. The molecule has 2 rings (SSSR count). The van der Waals surface area contributed by atoms with Gasteiger partial charge in [-0.15, -0.1) is 0 Å². The minimum atomic E-state index is -0.118. The number of nitrogens with one attached hydrogen (secondary N) is 1. The zero-order chi connectivity index (χ0) is 15.4. The molecule has 1 aliphatic heterocycles. The Kier molecular flexibility index (Phi) is 6.17. The lowest BCUT2D eigenvalue weighted by Gasteiger charge is -2.39. The van der Waals surface area contributed by atoms with Crippen molar-refractivity contribution in [3.05, 3.63) is 34.1 Å². The molecular weight excluding hydrogens is 333 g/mol. The molecule has 0 aromatic heterocycles. The third-order valence-electron chi connectivity index (χ3n) is 4.42. The predicted molar refractivity (Wildman–Crippen MR) is 89.2 cm³/mol. The topological polar surface area (TPSA) is 18.5 Å². The van der Waals surface area contributed by atoms with Crippen molar-refractivity contribution in [1.82, 2.24) is 15.1 Å². The summed E-state index contributed by atoms with van der Waals surface area (Å²) < 4.78 is 14.8. The molecule has 1 aromatic carbocycles. The molecule has 118 valence electrons. The van der Waals surface area contributed by atoms with Gasteiger partial charge in [-0.2, -0.15) is 0 Å². The number of hydrogen-bond donors (Lipinski definition) is 1. The normalized spacial score (nSPS) is 22.4. The molecule has 5 heteroatoms. The first-order valence-electron chi connectivity index (χ1n) is 7.49. The average Bonchev–Trinajstić information content (AvgIpc) is 2.45. The maximum atomic E-state index is 13.9. The van der Waals surface area contributed by atoms with Crippen LogP contribution < -0.4 is 5.32 Å². The minimum Gasteiger partial charge on any atom is -0.317 e. The van der Waals surface area contributed by atoms with Gasteiger partial charge in [-0.05, 0) is 57.7 Å². The first-order valence-corrected chi connectivity index (χ1v) is 8.29. The molecule has 0 spiro atoms. The van der Waals surface area contributed by atoms with E-state index in [1.54, 1.807) is 6.07 Å². The molecule has 2 atom stereocenters. The highest BCUT2D eigenvalue weighted by molar-refractivity contribution is 9.10. The summed E-state index contributed by atoms with van der Waals surface area (Å²) in [5, 5.41) is 3.35. The van der Waals surface area contributed by atoms with Crippen molar-refractivity contribution >= 4 is 15.9 Å². The molecule has 1 N–H and O–H groups in total. The Labute approximate surface area is 135 Å². The van der Waals surface area contributed by atoms with Crippen LogP contribution in [0.2, 0.25) is 0 Å². The molecule has 1 fully saturated rings. The van der Waals surface area contributed by atoms with Crippen molar-refractivity contribution in [3.63, 3.8) is 0 Å². The molecule has 2 unspecified atom stereocenters. The minimum absolute atomic E-state index is 0.118. The van der Waals surface area contributed by atoms with E-state index in [9.17, 15) is 4.39 Å². The summed E-state index contributed by atoms with van der Waals surface area (Å²) in [4.78, 5) is 4.79. The van der Waals surface area contributed by atoms with Gasteiger partial charge in [-0.3, -0.25) is 0 Å². The highest BCUT2D eigenvalue weighted by Crippen LogP contribution is 2.19. The first-order chi connectivity index (χ1) is 9.99. The lowest BCUT2D eigenvalue weighted by atomic mass is 9.97. The van der Waals surface area contributed by atoms with Crippen molar-refractivity contribution in [2.24, 2.45) is 0 Å². The second-order valence-corrected chi connectivity index (χ2v) is 6.97. The van der Waals surface area contributed by atoms with E-state index in [-0.39, 0.29) is 11.9 Å². The number of nitrogens with zero attached hydrogens (tertiary/aromatic N) is 2. The number of rotatable bonds is 5. The SMILES string of the molecule is CNC(Cc1cc(Br)ccc1F)CC1CN(C)CCN1C. The molecule has 3 nitrogen and oxygen atoms in total. The van der Waals surface area contributed by atoms with Gasteiger partial charge in [0.15, 0.2) is 0 Å². The summed E-state index contributed by atoms with van der Waals surface area (Å²) in [6.07, 6.45) is 1.75. The van der Waals surface area contributed by atoms with Crippen LogP contribution in [-0.4, -0.2) is 62.7 Å². The van der Waals surface area contributed by atoms with Crippen molar-refractivity contribution in [1.29, 1.82) is 0 Å². The van der Waals surface area contributed by atoms with E-state index in [2.05, 4.69) is 45.1 Å². The molecule has 1 aromatic rings. The van der Waals surface area contributed by atoms with Crippen molar-refractivity contribution in [3.8, 4) is 0 Å². The van der Waals surface area contributed by atoms with Crippen LogP contribution in [0.1, 0.15) is 12.0 Å². The Balaban J connectivity index is 2.01. The van der Waals surface area contributed by atoms with Gasteiger partial charge >= 0.3 is 0 Å². The fraction of sp³-hybridized carbons (Fsp3) is 0.625. The average molecular weight is 358 g/mol. The second kappa shape index (κ2) is 7.68. The Hall–Kier alpha value is -0.490. The van der Waals surface area contributed by atoms with Crippen LogP contribution in [0, 0.1) is 5.82 Å². The Morgan fingerprint density at radius 1 is 1.38 bits per heavy atom. The number of benzene rings is 1. The summed E-state index contributed by atoms with van der Waals surface area (Å²) in [5.74, 6) is -0.118. The highest BCUT2D eigenvalue weighted by Gasteiger charge is 2.25. The van der Waals surface area contributed by atoms with Crippen LogP contribution >= 0.6 is 15.9 Å². The zero-order valence-corrected chi connectivity index (χ0v) is 14.7. The van der Waals surface area contributed by atoms with E-state index < -0.39 is 0 Å². The van der Waals surface area contributed by atoms with E-state index >= 15 is 0 Å². The van der Waals surface area contributed by atoms with Crippen molar-refractivity contribution in [2.45, 2.75) is 24.9 Å². The largest absolute Gasteiger partial charge is 0.317 e. The molecule has 0 amide bonds. The van der Waals surface area contributed by atoms with Gasteiger partial charge in [0.05, 0.1) is 0 Å². The Bertz CT molecular complexity index is 469. The molecule has 1 saturated heterocycles. The molecule has 0 aliphatic carbocycles. The van der Waals surface area contributed by atoms with Gasteiger partial charge in [0.1, 0.15) is 5.82 Å². The van der Waals surface area contributed by atoms with E-state index in [1.165, 1.54) is 6.07 Å². The van der Waals surface area contributed by atoms with Crippen LogP contribution in [0.25, 0.3) is 0 Å². The standard InChI is InChI=1S/C16H25BrFN3/c1-19-14(9-12-8-13(17)4-5-16(12)18)10-15-11-20(2)6-7-21(15)3/h4-5,8,14-15,19H,6-7,9-11H2,1-3H3. The molecule has 21 heavy (non-hydrogen) atoms. The van der Waals surface area contributed by atoms with E-state index in [0.29, 0.717) is 6.04 Å². The van der Waals surface area contributed by atoms with Crippen LogP contribution in [0.15, 0.2) is 22.7 Å². The van der Waals surface area contributed by atoms with Gasteiger partial charge < -0.3 is 15.1 Å². The second-order valence-electron chi connectivity index (χ2n) is 6.06. The molecule has 0 bridgehead atoms. The number of piperazine rings is 1. The fourth-order valence-corrected chi connectivity index (χ4v) is 3.36. The summed E-state index contributed by atoms with van der Waals surface area (Å²) >= 11 is 3.42. The molecule has 0 saturated carbocycles. The summed E-state index contributed by atoms with van der Waals surface area (Å²) in [6.45, 7) is 3.30. The number of likely N-dealkylation sites (N-methyl/N-ethyl adjacent to an activating group) is 3. The molecule has 0 radical (unpaired) electrons. The van der Waals surface area contributed by atoms with Gasteiger partial charge in [0.2, 0.25) is 0 Å². The van der Waals surface area contributed by atoms with Crippen molar-refractivity contribution < 1.29 is 4.39 Å². The van der Waals surface area contributed by atoms with Crippen LogP contribution in [0.5, 0.6) is 0 Å². The first kappa shape index (κ1) is 16.9. The maximum Gasteiger partial charge on any atom is 0.126 e. The quantitative estimate of drug-likeness (QED) is 0.872. The smallest absolute Gasteiger partial charge is 0.126 e. The van der Waals surface area contributed by atoms with Gasteiger partial charge in [-0.25, -0.2) is 4.39 Å². The van der Waals surface area contributed by atoms with E-state index in [1.807, 2.05) is 13.1 Å². The number of hydrogen-bond acceptors (Lipinski definition) is 3. The Morgan fingerprint density at radius 3 is 2.86 bits per heavy atom. The van der Waals surface area contributed by atoms with Gasteiger partial charge in [0.25, 0.3) is 0 Å². The Morgan fingerprint density at radius 2 is 2.14 bits per heavy atom. The summed E-state index contributed by atoms with van der Waals surface area (Å²) in [6, 6.07) is 5.98. The van der Waals surface area contributed by atoms with Crippen LogP contribution in [-0.2, 0) is 6.42 Å². The van der Waals surface area contributed by atoms with Crippen molar-refractivity contribution in [2.75, 3.05) is 40.8 Å². The third kappa shape index (κ3) is 4.74. The van der Waals surface area contributed by atoms with Gasteiger partial charge in [-0.1, -0.05) is 15.9 Å².